The van der Waals surface area contributed by atoms with Gasteiger partial charge in [0.2, 0.25) is 0 Å². The molecule has 0 aliphatic heterocycles. The van der Waals surface area contributed by atoms with Crippen LogP contribution in [-0.2, 0) is 9.84 Å². The fourth-order valence-electron chi connectivity index (χ4n) is 2.04. The maximum Gasteiger partial charge on any atom is 0.291 e. The highest BCUT2D eigenvalue weighted by atomic mass is 32.2. The molecule has 2 aromatic carbocycles. The average Bonchev–Trinajstić information content (AvgIpc) is 2.53. The van der Waals surface area contributed by atoms with Crippen LogP contribution in [0.4, 0.5) is 8.78 Å². The van der Waals surface area contributed by atoms with E-state index in [1.165, 1.54) is 24.3 Å². The number of aliphatic hydroxyl groups is 1. The molecule has 0 aliphatic rings. The van der Waals surface area contributed by atoms with Gasteiger partial charge in [0.1, 0.15) is 11.8 Å². The number of halogens is 2. The lowest BCUT2D eigenvalue weighted by atomic mass is 10.0. The van der Waals surface area contributed by atoms with Crippen LogP contribution in [0.25, 0.3) is 11.1 Å². The van der Waals surface area contributed by atoms with Crippen molar-refractivity contribution in [2.24, 2.45) is 5.73 Å². The zero-order chi connectivity index (χ0) is 17.2. The third kappa shape index (κ3) is 3.94. The molecule has 1 atom stereocenters. The second kappa shape index (κ2) is 6.47. The quantitative estimate of drug-likeness (QED) is 0.897. The molecular formula is C16H15F2NO3S. The first-order valence-electron chi connectivity index (χ1n) is 6.59. The lowest BCUT2D eigenvalue weighted by molar-refractivity contribution is 0.203. The van der Waals surface area contributed by atoms with Gasteiger partial charge >= 0.3 is 0 Å². The Labute approximate surface area is 132 Å². The fraction of sp³-hybridized carbons (Fsp3) is 0.125. The van der Waals surface area contributed by atoms with Gasteiger partial charge in [0.15, 0.2) is 9.84 Å². The largest absolute Gasteiger partial charge is 0.395 e. The molecule has 0 heterocycles. The third-order valence-corrected chi connectivity index (χ3v) is 4.48. The highest BCUT2D eigenvalue weighted by molar-refractivity contribution is 7.90. The predicted octanol–water partition coefficient (Wildman–Crippen LogP) is 2.86. The maximum atomic E-state index is 12.4. The summed E-state index contributed by atoms with van der Waals surface area (Å²) in [6.45, 7) is 0. The molecule has 122 valence electrons. The summed E-state index contributed by atoms with van der Waals surface area (Å²) in [5.74, 6) is 0. The molecule has 0 radical (unpaired) electrons. The van der Waals surface area contributed by atoms with Crippen molar-refractivity contribution in [3.05, 3.63) is 65.9 Å². The van der Waals surface area contributed by atoms with E-state index in [9.17, 15) is 22.3 Å². The maximum absolute atomic E-state index is 12.4. The van der Waals surface area contributed by atoms with E-state index in [1.807, 2.05) is 0 Å². The van der Waals surface area contributed by atoms with Crippen LogP contribution in [0.5, 0.6) is 0 Å². The lowest BCUT2D eigenvalue weighted by Gasteiger charge is -2.11. The molecule has 23 heavy (non-hydrogen) atoms. The summed E-state index contributed by atoms with van der Waals surface area (Å²) in [5, 5.41) is 9.72. The number of benzene rings is 2. The summed E-state index contributed by atoms with van der Waals surface area (Å²) in [6.07, 6.45) is -2.56. The van der Waals surface area contributed by atoms with Gasteiger partial charge in [-0.1, -0.05) is 36.4 Å². The molecule has 0 fully saturated rings. The van der Waals surface area contributed by atoms with E-state index in [1.54, 1.807) is 24.3 Å². The van der Waals surface area contributed by atoms with Crippen LogP contribution in [0.1, 0.15) is 11.7 Å². The smallest absolute Gasteiger partial charge is 0.291 e. The summed E-state index contributed by atoms with van der Waals surface area (Å²) in [7, 11) is -3.26. The summed E-state index contributed by atoms with van der Waals surface area (Å²) in [6, 6.07) is 12.5. The van der Waals surface area contributed by atoms with Gasteiger partial charge < -0.3 is 10.8 Å². The average molecular weight is 339 g/mol. The molecule has 0 saturated heterocycles. The van der Waals surface area contributed by atoms with E-state index in [4.69, 9.17) is 5.73 Å². The van der Waals surface area contributed by atoms with Gasteiger partial charge in [0.25, 0.3) is 6.08 Å². The van der Waals surface area contributed by atoms with Gasteiger partial charge in [-0.15, -0.1) is 0 Å². The topological polar surface area (TPSA) is 80.4 Å². The van der Waals surface area contributed by atoms with Crippen LogP contribution in [0.2, 0.25) is 0 Å². The molecule has 0 unspecified atom stereocenters. The first-order valence-corrected chi connectivity index (χ1v) is 8.48. The second-order valence-electron chi connectivity index (χ2n) is 5.04. The molecule has 0 spiro atoms. The Balaban J connectivity index is 2.28. The number of aliphatic hydroxyl groups excluding tert-OH is 1. The minimum atomic E-state index is -3.26. The molecule has 7 heteroatoms. The van der Waals surface area contributed by atoms with Crippen LogP contribution in [0, 0.1) is 0 Å². The first-order chi connectivity index (χ1) is 10.7. The molecular weight excluding hydrogens is 324 g/mol. The van der Waals surface area contributed by atoms with Gasteiger partial charge in [-0.2, -0.15) is 8.78 Å². The molecule has 3 N–H and O–H groups in total. The minimum absolute atomic E-state index is 0.213. The summed E-state index contributed by atoms with van der Waals surface area (Å²) >= 11 is 0. The summed E-state index contributed by atoms with van der Waals surface area (Å²) in [4.78, 5) is 0.213. The summed E-state index contributed by atoms with van der Waals surface area (Å²) < 4.78 is 47.6. The van der Waals surface area contributed by atoms with Crippen molar-refractivity contribution in [1.29, 1.82) is 0 Å². The SMILES string of the molecule is CS(=O)(=O)c1ccc(-c2ccc([C@@H](O)C(N)=C(F)F)cc2)cc1. The van der Waals surface area contributed by atoms with E-state index in [2.05, 4.69) is 0 Å². The van der Waals surface area contributed by atoms with Crippen molar-refractivity contribution < 1.29 is 22.3 Å². The number of nitrogens with two attached hydrogens (primary N) is 1. The fourth-order valence-corrected chi connectivity index (χ4v) is 2.67. The second-order valence-corrected chi connectivity index (χ2v) is 7.05. The Morgan fingerprint density at radius 1 is 1.00 bits per heavy atom. The first kappa shape index (κ1) is 17.1. The zero-order valence-electron chi connectivity index (χ0n) is 12.2. The van der Waals surface area contributed by atoms with Crippen molar-refractivity contribution in [2.45, 2.75) is 11.0 Å². The third-order valence-electron chi connectivity index (χ3n) is 3.36. The van der Waals surface area contributed by atoms with Crippen LogP contribution < -0.4 is 5.73 Å². The van der Waals surface area contributed by atoms with Crippen LogP contribution in [0.3, 0.4) is 0 Å². The number of rotatable bonds is 4. The number of hydrogen-bond donors (Lipinski definition) is 2. The molecule has 4 nitrogen and oxygen atoms in total. The van der Waals surface area contributed by atoms with Gasteiger partial charge in [-0.3, -0.25) is 0 Å². The van der Waals surface area contributed by atoms with Crippen molar-refractivity contribution in [3.63, 3.8) is 0 Å². The minimum Gasteiger partial charge on any atom is -0.395 e. The Morgan fingerprint density at radius 3 is 1.83 bits per heavy atom. The molecule has 0 bridgehead atoms. The van der Waals surface area contributed by atoms with Crippen LogP contribution in [0.15, 0.2) is 65.2 Å². The van der Waals surface area contributed by atoms with E-state index in [0.29, 0.717) is 0 Å². The standard InChI is InChI=1S/C16H15F2NO3S/c1-23(21,22)13-8-6-11(7-9-13)10-2-4-12(5-3-10)15(20)14(19)16(17)18/h2-9,15,20H,19H2,1H3/t15-/m1/s1. The van der Waals surface area contributed by atoms with Crippen molar-refractivity contribution >= 4 is 9.84 Å². The molecule has 2 rings (SSSR count). The van der Waals surface area contributed by atoms with Gasteiger partial charge in [0, 0.05) is 6.26 Å². The Kier molecular flexibility index (Phi) is 4.82. The molecule has 0 aliphatic carbocycles. The van der Waals surface area contributed by atoms with E-state index >= 15 is 0 Å². The van der Waals surface area contributed by atoms with Gasteiger partial charge in [0.05, 0.1) is 4.90 Å². The van der Waals surface area contributed by atoms with E-state index in [-0.39, 0.29) is 10.5 Å². The van der Waals surface area contributed by atoms with Crippen LogP contribution in [-0.4, -0.2) is 19.8 Å². The predicted molar refractivity (Wildman–Crippen MR) is 83.4 cm³/mol. The molecule has 2 aromatic rings. The van der Waals surface area contributed by atoms with Crippen molar-refractivity contribution in [3.8, 4) is 11.1 Å². The zero-order valence-corrected chi connectivity index (χ0v) is 13.0. The Morgan fingerprint density at radius 2 is 1.43 bits per heavy atom. The molecule has 0 saturated carbocycles. The lowest BCUT2D eigenvalue weighted by Crippen LogP contribution is -2.10. The van der Waals surface area contributed by atoms with E-state index in [0.717, 1.165) is 17.4 Å². The van der Waals surface area contributed by atoms with Crippen molar-refractivity contribution in [2.75, 3.05) is 6.26 Å². The van der Waals surface area contributed by atoms with Crippen LogP contribution >= 0.6 is 0 Å². The van der Waals surface area contributed by atoms with Gasteiger partial charge in [-0.05, 0) is 28.8 Å². The highest BCUT2D eigenvalue weighted by Gasteiger charge is 2.15. The number of hydrogen-bond acceptors (Lipinski definition) is 4. The van der Waals surface area contributed by atoms with Gasteiger partial charge in [-0.25, -0.2) is 8.42 Å². The highest BCUT2D eigenvalue weighted by Crippen LogP contribution is 2.26. The van der Waals surface area contributed by atoms with E-state index < -0.39 is 27.7 Å². The Hall–Kier alpha value is -2.25. The monoisotopic (exact) mass is 339 g/mol. The molecule has 0 aromatic heterocycles. The summed E-state index contributed by atoms with van der Waals surface area (Å²) in [5.41, 5.74) is 6.00. The Bertz CT molecular complexity index is 825. The normalized spacial score (nSPS) is 12.7. The van der Waals surface area contributed by atoms with Crippen molar-refractivity contribution in [1.82, 2.24) is 0 Å². The number of sulfone groups is 1. The molecule has 0 amide bonds.